The van der Waals surface area contributed by atoms with Crippen molar-refractivity contribution in [3.8, 4) is 0 Å². The number of rotatable bonds is 5. The number of nitrogens with one attached hydrogen (secondary N) is 1. The Morgan fingerprint density at radius 3 is 2.46 bits per heavy atom. The van der Waals surface area contributed by atoms with Crippen LogP contribution in [0, 0.1) is 5.82 Å². The monoisotopic (exact) mass is 343 g/mol. The van der Waals surface area contributed by atoms with E-state index < -0.39 is 0 Å². The molecule has 3 rings (SSSR count). The van der Waals surface area contributed by atoms with Gasteiger partial charge in [0, 0.05) is 30.5 Å². The van der Waals surface area contributed by atoms with Crippen LogP contribution >= 0.6 is 11.6 Å². The Kier molecular flexibility index (Phi) is 4.91. The summed E-state index contributed by atoms with van der Waals surface area (Å²) < 4.78 is 14.7. The average molecular weight is 344 g/mol. The van der Waals surface area contributed by atoms with Crippen LogP contribution in [-0.4, -0.2) is 15.5 Å². The highest BCUT2D eigenvalue weighted by Crippen LogP contribution is 2.12. The van der Waals surface area contributed by atoms with Gasteiger partial charge in [-0.25, -0.2) is 9.37 Å². The van der Waals surface area contributed by atoms with Crippen LogP contribution in [0.5, 0.6) is 0 Å². The zero-order valence-electron chi connectivity index (χ0n) is 12.7. The minimum absolute atomic E-state index is 0.279. The highest BCUT2D eigenvalue weighted by Gasteiger charge is 2.12. The SMILES string of the molecule is O=C(NCc1ccc(F)cc1)c1nccn1Cc1ccc(Cl)cc1. The fraction of sp³-hybridized carbons (Fsp3) is 0.111. The standard InChI is InChI=1S/C18H15ClFN3O/c19-15-5-1-14(2-6-15)12-23-10-9-21-17(23)18(24)22-11-13-3-7-16(20)8-4-13/h1-10H,11-12H2,(H,22,24). The van der Waals surface area contributed by atoms with Crippen molar-refractivity contribution in [3.05, 3.63) is 88.7 Å². The summed E-state index contributed by atoms with van der Waals surface area (Å²) in [6.07, 6.45) is 3.34. The number of halogens is 2. The molecule has 0 spiro atoms. The van der Waals surface area contributed by atoms with Gasteiger partial charge in [-0.3, -0.25) is 4.79 Å². The third-order valence-electron chi connectivity index (χ3n) is 3.55. The van der Waals surface area contributed by atoms with E-state index in [0.29, 0.717) is 23.9 Å². The third-order valence-corrected chi connectivity index (χ3v) is 3.80. The van der Waals surface area contributed by atoms with Gasteiger partial charge < -0.3 is 9.88 Å². The zero-order valence-corrected chi connectivity index (χ0v) is 13.5. The molecular formula is C18H15ClFN3O. The van der Waals surface area contributed by atoms with Gasteiger partial charge in [0.25, 0.3) is 5.91 Å². The highest BCUT2D eigenvalue weighted by atomic mass is 35.5. The maximum Gasteiger partial charge on any atom is 0.287 e. The molecule has 6 heteroatoms. The molecule has 0 atom stereocenters. The van der Waals surface area contributed by atoms with Gasteiger partial charge in [0.15, 0.2) is 5.82 Å². The van der Waals surface area contributed by atoms with Crippen molar-refractivity contribution in [2.75, 3.05) is 0 Å². The normalized spacial score (nSPS) is 10.6. The maximum absolute atomic E-state index is 12.9. The molecule has 3 aromatic rings. The molecule has 2 aromatic carbocycles. The molecule has 1 N–H and O–H groups in total. The lowest BCUT2D eigenvalue weighted by Crippen LogP contribution is -2.26. The lowest BCUT2D eigenvalue weighted by Gasteiger charge is -2.09. The van der Waals surface area contributed by atoms with E-state index in [-0.39, 0.29) is 11.7 Å². The summed E-state index contributed by atoms with van der Waals surface area (Å²) >= 11 is 5.88. The van der Waals surface area contributed by atoms with Crippen molar-refractivity contribution >= 4 is 17.5 Å². The molecule has 0 unspecified atom stereocenters. The van der Waals surface area contributed by atoms with Crippen LogP contribution in [0.4, 0.5) is 4.39 Å². The van der Waals surface area contributed by atoms with E-state index in [1.807, 2.05) is 24.3 Å². The molecule has 24 heavy (non-hydrogen) atoms. The smallest absolute Gasteiger partial charge is 0.287 e. The second kappa shape index (κ2) is 7.27. The summed E-state index contributed by atoms with van der Waals surface area (Å²) in [4.78, 5) is 16.4. The molecule has 0 aliphatic rings. The van der Waals surface area contributed by atoms with Gasteiger partial charge in [0.1, 0.15) is 5.82 Å². The molecule has 0 saturated carbocycles. The summed E-state index contributed by atoms with van der Waals surface area (Å²) in [5.41, 5.74) is 1.84. The summed E-state index contributed by atoms with van der Waals surface area (Å²) in [6.45, 7) is 0.837. The number of benzene rings is 2. The van der Waals surface area contributed by atoms with Crippen LogP contribution in [0.25, 0.3) is 0 Å². The molecule has 0 aliphatic carbocycles. The fourth-order valence-electron chi connectivity index (χ4n) is 2.30. The molecule has 122 valence electrons. The Hall–Kier alpha value is -2.66. The molecular weight excluding hydrogens is 329 g/mol. The Morgan fingerprint density at radius 2 is 1.75 bits per heavy atom. The van der Waals surface area contributed by atoms with Gasteiger partial charge in [0.2, 0.25) is 0 Å². The van der Waals surface area contributed by atoms with E-state index in [4.69, 9.17) is 11.6 Å². The summed E-state index contributed by atoms with van der Waals surface area (Å²) in [5, 5.41) is 3.46. The van der Waals surface area contributed by atoms with Gasteiger partial charge in [-0.1, -0.05) is 35.9 Å². The van der Waals surface area contributed by atoms with Crippen molar-refractivity contribution in [3.63, 3.8) is 0 Å². The van der Waals surface area contributed by atoms with Crippen molar-refractivity contribution in [1.29, 1.82) is 0 Å². The lowest BCUT2D eigenvalue weighted by molar-refractivity contribution is 0.0936. The largest absolute Gasteiger partial charge is 0.345 e. The number of carbonyl (C=O) groups is 1. The number of carbonyl (C=O) groups excluding carboxylic acids is 1. The van der Waals surface area contributed by atoms with Crippen molar-refractivity contribution in [2.45, 2.75) is 13.1 Å². The molecule has 4 nitrogen and oxygen atoms in total. The Balaban J connectivity index is 1.66. The third kappa shape index (κ3) is 4.00. The zero-order chi connectivity index (χ0) is 16.9. The summed E-state index contributed by atoms with van der Waals surface area (Å²) in [6, 6.07) is 13.4. The molecule has 0 bridgehead atoms. The van der Waals surface area contributed by atoms with Gasteiger partial charge >= 0.3 is 0 Å². The minimum Gasteiger partial charge on any atom is -0.345 e. The molecule has 0 fully saturated rings. The van der Waals surface area contributed by atoms with Crippen LogP contribution < -0.4 is 5.32 Å². The van der Waals surface area contributed by atoms with Crippen LogP contribution in [-0.2, 0) is 13.1 Å². The van der Waals surface area contributed by atoms with E-state index in [9.17, 15) is 9.18 Å². The molecule has 1 heterocycles. The van der Waals surface area contributed by atoms with Crippen LogP contribution in [0.15, 0.2) is 60.9 Å². The predicted molar refractivity (Wildman–Crippen MR) is 90.4 cm³/mol. The van der Waals surface area contributed by atoms with Crippen LogP contribution in [0.3, 0.4) is 0 Å². The van der Waals surface area contributed by atoms with E-state index in [2.05, 4.69) is 10.3 Å². The molecule has 1 aromatic heterocycles. The maximum atomic E-state index is 12.9. The van der Waals surface area contributed by atoms with Crippen molar-refractivity contribution < 1.29 is 9.18 Å². The van der Waals surface area contributed by atoms with Crippen LogP contribution in [0.1, 0.15) is 21.7 Å². The molecule has 0 saturated heterocycles. The lowest BCUT2D eigenvalue weighted by atomic mass is 10.2. The number of imidazole rings is 1. The number of nitrogens with zero attached hydrogens (tertiary/aromatic N) is 2. The summed E-state index contributed by atoms with van der Waals surface area (Å²) in [5.74, 6) is -0.256. The number of amides is 1. The van der Waals surface area contributed by atoms with Crippen molar-refractivity contribution in [1.82, 2.24) is 14.9 Å². The number of hydrogen-bond acceptors (Lipinski definition) is 2. The van der Waals surface area contributed by atoms with Gasteiger partial charge in [-0.05, 0) is 35.4 Å². The molecule has 0 aliphatic heterocycles. The van der Waals surface area contributed by atoms with E-state index in [1.54, 1.807) is 29.1 Å². The van der Waals surface area contributed by atoms with E-state index in [0.717, 1.165) is 11.1 Å². The molecule has 1 amide bonds. The molecule has 0 radical (unpaired) electrons. The first kappa shape index (κ1) is 16.2. The first-order valence-electron chi connectivity index (χ1n) is 7.40. The topological polar surface area (TPSA) is 46.9 Å². The van der Waals surface area contributed by atoms with Gasteiger partial charge in [-0.2, -0.15) is 0 Å². The summed E-state index contributed by atoms with van der Waals surface area (Å²) in [7, 11) is 0. The first-order valence-corrected chi connectivity index (χ1v) is 7.78. The second-order valence-electron chi connectivity index (χ2n) is 5.31. The first-order chi connectivity index (χ1) is 11.6. The minimum atomic E-state index is -0.302. The van der Waals surface area contributed by atoms with Gasteiger partial charge in [-0.15, -0.1) is 0 Å². The Morgan fingerprint density at radius 1 is 1.08 bits per heavy atom. The highest BCUT2D eigenvalue weighted by molar-refractivity contribution is 6.30. The number of hydrogen-bond donors (Lipinski definition) is 1. The van der Waals surface area contributed by atoms with E-state index in [1.165, 1.54) is 12.1 Å². The van der Waals surface area contributed by atoms with Crippen molar-refractivity contribution in [2.24, 2.45) is 0 Å². The Bertz CT molecular complexity index is 828. The van der Waals surface area contributed by atoms with Crippen LogP contribution in [0.2, 0.25) is 5.02 Å². The quantitative estimate of drug-likeness (QED) is 0.768. The predicted octanol–water partition coefficient (Wildman–Crippen LogP) is 3.65. The second-order valence-corrected chi connectivity index (χ2v) is 5.75. The fourth-order valence-corrected chi connectivity index (χ4v) is 2.42. The average Bonchev–Trinajstić information content (AvgIpc) is 3.04. The van der Waals surface area contributed by atoms with E-state index >= 15 is 0 Å². The van der Waals surface area contributed by atoms with Gasteiger partial charge in [0.05, 0.1) is 0 Å². The Labute approximate surface area is 143 Å². The number of aromatic nitrogens is 2.